The monoisotopic (exact) mass is 1270 g/mol. The van der Waals surface area contributed by atoms with Gasteiger partial charge in [-0.3, -0.25) is 52.7 Å². The molecule has 0 saturated carbocycles. The molecule has 1 saturated heterocycles. The minimum absolute atomic E-state index is 0.0741. The molecule has 26 heteroatoms. The number of carbonyl (C=O) groups excluding carboxylic acids is 10. The topological polar surface area (TPSA) is 407 Å². The van der Waals surface area contributed by atoms with Crippen molar-refractivity contribution in [2.75, 3.05) is 19.6 Å². The van der Waals surface area contributed by atoms with Gasteiger partial charge in [0.1, 0.15) is 48.3 Å². The Morgan fingerprint density at radius 3 is 1.55 bits per heavy atom. The number of rotatable bonds is 33. The Labute approximate surface area is 536 Å². The zero-order valence-electron chi connectivity index (χ0n) is 52.2. The Balaban J connectivity index is 1.01. The third kappa shape index (κ3) is 18.4. The molecule has 0 spiro atoms. The molecule has 0 aliphatic carbocycles. The maximum atomic E-state index is 15.3. The van der Waals surface area contributed by atoms with E-state index in [0.29, 0.717) is 48.9 Å². The van der Waals surface area contributed by atoms with E-state index in [0.717, 1.165) is 38.3 Å². The Morgan fingerprint density at radius 2 is 1.03 bits per heavy atom. The van der Waals surface area contributed by atoms with Crippen molar-refractivity contribution in [3.63, 3.8) is 0 Å². The van der Waals surface area contributed by atoms with E-state index in [4.69, 9.17) is 11.5 Å². The van der Waals surface area contributed by atoms with Crippen molar-refractivity contribution >= 4 is 97.7 Å². The lowest BCUT2D eigenvalue weighted by Crippen LogP contribution is -2.60. The van der Waals surface area contributed by atoms with Crippen LogP contribution >= 0.6 is 0 Å². The Morgan fingerprint density at radius 1 is 0.570 bits per heavy atom. The Bertz CT molecular complexity index is 3830. The summed E-state index contributed by atoms with van der Waals surface area (Å²) in [5.41, 5.74) is 16.3. The van der Waals surface area contributed by atoms with E-state index in [1.165, 1.54) is 11.8 Å². The fourth-order valence-electron chi connectivity index (χ4n) is 11.7. The van der Waals surface area contributed by atoms with Crippen molar-refractivity contribution in [3.05, 3.63) is 144 Å². The summed E-state index contributed by atoms with van der Waals surface area (Å²) in [6, 6.07) is 20.5. The number of aromatic nitrogens is 3. The van der Waals surface area contributed by atoms with E-state index >= 15 is 9.59 Å². The van der Waals surface area contributed by atoms with E-state index in [1.807, 2.05) is 72.8 Å². The molecule has 0 radical (unpaired) electrons. The second kappa shape index (κ2) is 32.6. The molecule has 4 heterocycles. The van der Waals surface area contributed by atoms with Gasteiger partial charge in [-0.25, -0.2) is 0 Å². The molecule has 93 heavy (non-hydrogen) atoms. The minimum atomic E-state index is -1.59. The van der Waals surface area contributed by atoms with Crippen LogP contribution in [0.3, 0.4) is 0 Å². The number of nitrogens with zero attached hydrogens (tertiary/aromatic N) is 1. The van der Waals surface area contributed by atoms with Gasteiger partial charge in [0, 0.05) is 90.5 Å². The number of para-hydroxylation sites is 3. The second-order valence-corrected chi connectivity index (χ2v) is 23.6. The number of nitrogens with two attached hydrogens (primary N) is 2. The molecule has 1 aliphatic rings. The van der Waals surface area contributed by atoms with Crippen LogP contribution in [0.1, 0.15) is 88.0 Å². The predicted octanol–water partition coefficient (Wildman–Crippen LogP) is 2.06. The number of unbranched alkanes of at least 4 members (excludes halogenated alkanes) is 1. The fourth-order valence-corrected chi connectivity index (χ4v) is 11.7. The molecule has 492 valence electrons. The van der Waals surface area contributed by atoms with E-state index in [-0.39, 0.29) is 45.1 Å². The van der Waals surface area contributed by atoms with Crippen LogP contribution < -0.4 is 54.0 Å². The van der Waals surface area contributed by atoms with Crippen LogP contribution in [0, 0.1) is 5.92 Å². The summed E-state index contributed by atoms with van der Waals surface area (Å²) in [5.74, 6) is -9.41. The lowest BCUT2D eigenvalue weighted by molar-refractivity contribution is -0.142. The Hall–Kier alpha value is -10.4. The number of likely N-dealkylation sites (tertiary alicyclic amines) is 1. The van der Waals surface area contributed by atoms with Gasteiger partial charge >= 0.3 is 5.97 Å². The minimum Gasteiger partial charge on any atom is -0.481 e. The summed E-state index contributed by atoms with van der Waals surface area (Å²) < 4.78 is 0. The highest BCUT2D eigenvalue weighted by atomic mass is 16.4. The number of primary amides is 1. The molecule has 3 aromatic heterocycles. The number of carbonyl (C=O) groups is 11. The maximum absolute atomic E-state index is 15.3. The fraction of sp³-hybridized carbons (Fsp3) is 0.388. The average molecular weight is 1280 g/mol. The molecule has 4 aromatic carbocycles. The third-order valence-electron chi connectivity index (χ3n) is 16.8. The zero-order chi connectivity index (χ0) is 66.7. The normalized spacial score (nSPS) is 15.5. The van der Waals surface area contributed by atoms with Crippen LogP contribution in [0.25, 0.3) is 32.7 Å². The molecule has 1 fully saturated rings. The van der Waals surface area contributed by atoms with Crippen molar-refractivity contribution in [1.29, 1.82) is 0 Å². The number of amides is 10. The van der Waals surface area contributed by atoms with Crippen molar-refractivity contribution in [1.82, 2.24) is 62.4 Å². The van der Waals surface area contributed by atoms with E-state index in [9.17, 15) is 48.3 Å². The molecule has 1 aliphatic heterocycles. The van der Waals surface area contributed by atoms with Crippen LogP contribution in [0.5, 0.6) is 0 Å². The summed E-state index contributed by atoms with van der Waals surface area (Å²) in [6.07, 6.45) is 6.19. The molecule has 7 aromatic rings. The first kappa shape index (κ1) is 68.5. The van der Waals surface area contributed by atoms with Gasteiger partial charge in [-0.1, -0.05) is 105 Å². The number of hydrogen-bond acceptors (Lipinski definition) is 12. The van der Waals surface area contributed by atoms with Gasteiger partial charge < -0.3 is 79.0 Å². The predicted molar refractivity (Wildman–Crippen MR) is 347 cm³/mol. The second-order valence-electron chi connectivity index (χ2n) is 23.6. The van der Waals surface area contributed by atoms with Crippen LogP contribution in [-0.2, 0) is 78.4 Å². The first-order chi connectivity index (χ1) is 44.7. The average Bonchev–Trinajstić information content (AvgIpc) is 1.76. The van der Waals surface area contributed by atoms with Gasteiger partial charge in [0.15, 0.2) is 0 Å². The van der Waals surface area contributed by atoms with Gasteiger partial charge in [-0.05, 0) is 85.0 Å². The number of carboxylic acid groups (broad SMARTS) is 1. The van der Waals surface area contributed by atoms with Gasteiger partial charge in [0.2, 0.25) is 59.1 Å². The highest BCUT2D eigenvalue weighted by molar-refractivity contribution is 6.00. The number of benzene rings is 4. The Kier molecular flexibility index (Phi) is 24.0. The largest absolute Gasteiger partial charge is 0.481 e. The molecule has 0 bridgehead atoms. The number of carboxylic acids is 1. The standard InChI is InChI=1S/C67H82N14O12/c1-4-38(2)59(66(92)78-52(29-40-17-6-5-7-18-40)62(88)76-51(60(69)86)33-58(84)85)80-57(83)37-73-65(91)56-26-16-28-81(56)67(93)55(32-43-36-72-49-24-13-10-21-46(43)49)79-64(90)54(31-42-35-71-48-23-12-9-20-45(42)48)77-61(87)50(25-14-15-27-68)75-63(89)53(74-39(3)82)30-41-34-70-47-22-11-8-19-44(41)47/h5-13,17-24,34-36,38,50-56,59,70-72H,4,14-16,25-33,37,68H2,1-3H3,(H2,69,86)(H,73,91)(H,74,82)(H,75,89)(H,76,88)(H,77,87)(H,78,92)(H,79,90)(H,80,83)(H,84,85)/t38-,50-,51-,52-,53-,54-,55-,56-,59-/m0/s1. The van der Waals surface area contributed by atoms with Gasteiger partial charge in [-0.15, -0.1) is 0 Å². The van der Waals surface area contributed by atoms with E-state index < -0.39 is 132 Å². The van der Waals surface area contributed by atoms with Crippen molar-refractivity contribution in [3.8, 4) is 0 Å². The van der Waals surface area contributed by atoms with Crippen LogP contribution in [0.15, 0.2) is 122 Å². The summed E-state index contributed by atoms with van der Waals surface area (Å²) >= 11 is 0. The van der Waals surface area contributed by atoms with Crippen molar-refractivity contribution in [2.45, 2.75) is 140 Å². The van der Waals surface area contributed by atoms with Gasteiger partial charge in [0.25, 0.3) is 0 Å². The van der Waals surface area contributed by atoms with Gasteiger partial charge in [-0.2, -0.15) is 0 Å². The van der Waals surface area contributed by atoms with Crippen molar-refractivity contribution < 1.29 is 57.8 Å². The highest BCUT2D eigenvalue weighted by Crippen LogP contribution is 2.25. The molecule has 26 nitrogen and oxygen atoms in total. The van der Waals surface area contributed by atoms with E-state index in [2.05, 4.69) is 57.5 Å². The lowest BCUT2D eigenvalue weighted by atomic mass is 9.97. The summed E-state index contributed by atoms with van der Waals surface area (Å²) in [4.78, 5) is 163. The summed E-state index contributed by atoms with van der Waals surface area (Å²) in [7, 11) is 0. The van der Waals surface area contributed by atoms with Crippen LogP contribution in [-0.4, -0.2) is 158 Å². The summed E-state index contributed by atoms with van der Waals surface area (Å²) in [5, 5.41) is 33.5. The number of aromatic amines is 3. The van der Waals surface area contributed by atoms with E-state index in [1.54, 1.807) is 62.8 Å². The molecule has 0 unspecified atom stereocenters. The quantitative estimate of drug-likeness (QED) is 0.0262. The maximum Gasteiger partial charge on any atom is 0.305 e. The van der Waals surface area contributed by atoms with Crippen LogP contribution in [0.2, 0.25) is 0 Å². The van der Waals surface area contributed by atoms with Gasteiger partial charge in [0.05, 0.1) is 13.0 Å². The highest BCUT2D eigenvalue weighted by Gasteiger charge is 2.40. The molecular formula is C67H82N14O12. The lowest BCUT2D eigenvalue weighted by Gasteiger charge is -2.30. The molecule has 16 N–H and O–H groups in total. The molecular weight excluding hydrogens is 1190 g/mol. The molecule has 9 atom stereocenters. The number of H-pyrrole nitrogens is 3. The number of hydrogen-bond donors (Lipinski definition) is 14. The first-order valence-electron chi connectivity index (χ1n) is 31.3. The van der Waals surface area contributed by atoms with Crippen LogP contribution in [0.4, 0.5) is 0 Å². The zero-order valence-corrected chi connectivity index (χ0v) is 52.2. The van der Waals surface area contributed by atoms with Crippen molar-refractivity contribution in [2.24, 2.45) is 17.4 Å². The third-order valence-corrected chi connectivity index (χ3v) is 16.8. The number of aliphatic carboxylic acids is 1. The number of nitrogens with one attached hydrogen (secondary N) is 11. The molecule has 8 rings (SSSR count). The first-order valence-corrected chi connectivity index (χ1v) is 31.3. The smallest absolute Gasteiger partial charge is 0.305 e. The summed E-state index contributed by atoms with van der Waals surface area (Å²) in [6.45, 7) is 4.51. The molecule has 10 amide bonds. The number of fused-ring (bicyclic) bond motifs is 3. The SMILES string of the molecule is CC[C@H](C)[C@H](NC(=O)CNC(=O)[C@@H]1CCCN1C(=O)[C@H](Cc1c[nH]c2ccccc12)NC(=O)[C@H](Cc1c[nH]c2ccccc12)NC(=O)[C@H](CCCCN)NC(=O)[C@H](Cc1c[nH]c2ccccc12)NC(C)=O)C(=O)N[C@@H](Cc1ccccc1)C(=O)N[C@@H](CC(=O)O)C(N)=O.